The van der Waals surface area contributed by atoms with Crippen molar-refractivity contribution in [1.29, 1.82) is 0 Å². The maximum Gasteiger partial charge on any atom is 0.332 e. The Morgan fingerprint density at radius 3 is 2.05 bits per heavy atom. The van der Waals surface area contributed by atoms with Gasteiger partial charge >= 0.3 is 5.69 Å². The molecule has 2 rings (SSSR count). The summed E-state index contributed by atoms with van der Waals surface area (Å²) >= 11 is 0. The molecule has 2 aromatic rings. The number of fused-ring (bicyclic) bond motifs is 1. The van der Waals surface area contributed by atoms with Crippen LogP contribution in [0.3, 0.4) is 0 Å². The quantitative estimate of drug-likeness (QED) is 0.213. The molecule has 0 saturated carbocycles. The van der Waals surface area contributed by atoms with E-state index in [-0.39, 0.29) is 17.4 Å². The number of hydrogen-bond acceptors (Lipinski definition) is 5. The van der Waals surface area contributed by atoms with Crippen LogP contribution in [0.1, 0.15) is 116 Å². The Morgan fingerprint density at radius 2 is 1.41 bits per heavy atom. The highest BCUT2D eigenvalue weighted by Crippen LogP contribution is 2.12. The number of aliphatic hydroxyl groups excluding tert-OH is 1. The molecule has 8 nitrogen and oxygen atoms in total. The lowest BCUT2D eigenvalue weighted by Crippen LogP contribution is -2.39. The van der Waals surface area contributed by atoms with Crippen molar-refractivity contribution < 1.29 is 5.11 Å². The minimum absolute atomic E-state index is 0.206. The molecule has 212 valence electrons. The Hall–Kier alpha value is -1.93. The van der Waals surface area contributed by atoms with Crippen molar-refractivity contribution in [2.24, 2.45) is 14.1 Å². The second-order valence-corrected chi connectivity index (χ2v) is 10.8. The second-order valence-electron chi connectivity index (χ2n) is 10.8. The number of nitrogens with zero attached hydrogens (tertiary/aromatic N) is 4. The first-order valence-electron chi connectivity index (χ1n) is 15.0. The average Bonchev–Trinajstić information content (AvgIpc) is 3.28. The van der Waals surface area contributed by atoms with E-state index in [9.17, 15) is 14.7 Å². The molecule has 1 unspecified atom stereocenters. The predicted molar refractivity (Wildman–Crippen MR) is 153 cm³/mol. The van der Waals surface area contributed by atoms with Crippen LogP contribution in [0.15, 0.2) is 15.9 Å². The maximum atomic E-state index is 12.7. The lowest BCUT2D eigenvalue weighted by molar-refractivity contribution is 0.158. The van der Waals surface area contributed by atoms with Gasteiger partial charge in [-0.05, 0) is 25.8 Å². The number of imidazole rings is 1. The molecular formula is C29H53N5O3. The van der Waals surface area contributed by atoms with Crippen LogP contribution < -0.4 is 16.6 Å². The topological polar surface area (TPSA) is 94.1 Å². The zero-order valence-corrected chi connectivity index (χ0v) is 23.8. The predicted octanol–water partition coefficient (Wildman–Crippen LogP) is 5.04. The molecular weight excluding hydrogens is 466 g/mol. The van der Waals surface area contributed by atoms with Crippen molar-refractivity contribution in [3.63, 3.8) is 0 Å². The highest BCUT2D eigenvalue weighted by molar-refractivity contribution is 5.69. The first-order chi connectivity index (χ1) is 18.0. The Balaban J connectivity index is 1.42. The lowest BCUT2D eigenvalue weighted by atomic mass is 10.0. The molecule has 1 atom stereocenters. The zero-order valence-electron chi connectivity index (χ0n) is 23.8. The van der Waals surface area contributed by atoms with Gasteiger partial charge in [0.15, 0.2) is 11.2 Å². The van der Waals surface area contributed by atoms with Gasteiger partial charge in [0, 0.05) is 27.2 Å². The van der Waals surface area contributed by atoms with E-state index in [1.807, 2.05) is 0 Å². The van der Waals surface area contributed by atoms with E-state index >= 15 is 0 Å². The van der Waals surface area contributed by atoms with Gasteiger partial charge in [-0.2, -0.15) is 0 Å². The van der Waals surface area contributed by atoms with Crippen molar-refractivity contribution in [3.8, 4) is 0 Å². The molecule has 0 aromatic carbocycles. The summed E-state index contributed by atoms with van der Waals surface area (Å²) in [6.07, 6.45) is 21.7. The number of rotatable bonds is 22. The van der Waals surface area contributed by atoms with Gasteiger partial charge in [0.1, 0.15) is 0 Å². The fraction of sp³-hybridized carbons (Fsp3) is 0.828. The van der Waals surface area contributed by atoms with Crippen LogP contribution in [0.4, 0.5) is 0 Å². The molecule has 2 aromatic heterocycles. The van der Waals surface area contributed by atoms with Crippen molar-refractivity contribution in [1.82, 2.24) is 24.0 Å². The highest BCUT2D eigenvalue weighted by Gasteiger charge is 2.14. The summed E-state index contributed by atoms with van der Waals surface area (Å²) < 4.78 is 4.50. The van der Waals surface area contributed by atoms with Crippen LogP contribution >= 0.6 is 0 Å². The van der Waals surface area contributed by atoms with Crippen molar-refractivity contribution in [2.75, 3.05) is 13.1 Å². The van der Waals surface area contributed by atoms with E-state index < -0.39 is 0 Å². The molecule has 2 heterocycles. The summed E-state index contributed by atoms with van der Waals surface area (Å²) in [4.78, 5) is 29.4. The van der Waals surface area contributed by atoms with Gasteiger partial charge < -0.3 is 15.0 Å². The summed E-state index contributed by atoms with van der Waals surface area (Å²) in [6, 6.07) is 0. The van der Waals surface area contributed by atoms with Crippen LogP contribution in [-0.4, -0.2) is 43.0 Å². The third-order valence-electron chi connectivity index (χ3n) is 7.46. The first kappa shape index (κ1) is 31.3. The third-order valence-corrected chi connectivity index (χ3v) is 7.46. The molecule has 0 aliphatic rings. The van der Waals surface area contributed by atoms with Crippen molar-refractivity contribution in [3.05, 3.63) is 27.2 Å². The van der Waals surface area contributed by atoms with Crippen LogP contribution in [0, 0.1) is 0 Å². The number of hydrogen-bond donors (Lipinski definition) is 2. The van der Waals surface area contributed by atoms with Crippen LogP contribution in [-0.2, 0) is 20.6 Å². The minimum atomic E-state index is -0.284. The maximum absolute atomic E-state index is 12.7. The Labute approximate surface area is 223 Å². The summed E-state index contributed by atoms with van der Waals surface area (Å²) in [5, 5.41) is 13.5. The fourth-order valence-electron chi connectivity index (χ4n) is 5.06. The standard InChI is InChI=1S/C29H53N5O3/c1-4-5-6-7-15-18-21-30-23-25(35)20-17-14-12-10-8-9-11-13-16-19-22-34-28(36)26-27(31-24-32(26)2)33(3)29(34)37/h24-25,30,35H,4-23H2,1-3H3. The van der Waals surface area contributed by atoms with E-state index in [2.05, 4.69) is 17.2 Å². The zero-order chi connectivity index (χ0) is 26.9. The normalized spacial score (nSPS) is 12.5. The number of aliphatic hydroxyl groups is 1. The van der Waals surface area contributed by atoms with Crippen LogP contribution in [0.5, 0.6) is 0 Å². The second kappa shape index (κ2) is 18.3. The van der Waals surface area contributed by atoms with E-state index in [0.717, 1.165) is 45.2 Å². The molecule has 0 saturated heterocycles. The Bertz CT molecular complexity index is 994. The number of nitrogens with one attached hydrogen (secondary N) is 1. The molecule has 0 spiro atoms. The molecule has 0 fully saturated rings. The molecule has 2 N–H and O–H groups in total. The largest absolute Gasteiger partial charge is 0.392 e. The molecule has 0 bridgehead atoms. The summed E-state index contributed by atoms with van der Waals surface area (Å²) in [7, 11) is 3.45. The molecule has 37 heavy (non-hydrogen) atoms. The highest BCUT2D eigenvalue weighted by atomic mass is 16.3. The smallest absolute Gasteiger partial charge is 0.332 e. The Morgan fingerprint density at radius 1 is 0.838 bits per heavy atom. The summed E-state index contributed by atoms with van der Waals surface area (Å²) in [5.41, 5.74) is 0.403. The van der Waals surface area contributed by atoms with Gasteiger partial charge in [-0.25, -0.2) is 9.78 Å². The first-order valence-corrected chi connectivity index (χ1v) is 15.0. The number of aromatic nitrogens is 4. The van der Waals surface area contributed by atoms with Gasteiger partial charge in [-0.15, -0.1) is 0 Å². The van der Waals surface area contributed by atoms with E-state index in [1.165, 1.54) is 86.2 Å². The summed E-state index contributed by atoms with van der Waals surface area (Å²) in [6.45, 7) is 4.47. The SMILES string of the molecule is CCCCCCCCNCC(O)CCCCCCCCCCCCn1c(=O)c2c(ncn2C)n(C)c1=O. The number of unbranched alkanes of at least 4 members (excludes halogenated alkanes) is 14. The van der Waals surface area contributed by atoms with Gasteiger partial charge in [-0.1, -0.05) is 96.8 Å². The van der Waals surface area contributed by atoms with Gasteiger partial charge in [0.25, 0.3) is 5.56 Å². The molecule has 8 heteroatoms. The molecule has 0 amide bonds. The molecule has 0 aliphatic heterocycles. The van der Waals surface area contributed by atoms with Gasteiger partial charge in [-0.3, -0.25) is 13.9 Å². The Kier molecular flexibility index (Phi) is 15.5. The van der Waals surface area contributed by atoms with E-state index in [1.54, 1.807) is 25.0 Å². The van der Waals surface area contributed by atoms with E-state index in [0.29, 0.717) is 17.7 Å². The van der Waals surface area contributed by atoms with Crippen LogP contribution in [0.25, 0.3) is 11.2 Å². The third kappa shape index (κ3) is 11.1. The van der Waals surface area contributed by atoms with Gasteiger partial charge in [0.2, 0.25) is 0 Å². The van der Waals surface area contributed by atoms with Gasteiger partial charge in [0.05, 0.1) is 12.4 Å². The van der Waals surface area contributed by atoms with Crippen LogP contribution in [0.2, 0.25) is 0 Å². The van der Waals surface area contributed by atoms with Crippen molar-refractivity contribution >= 4 is 11.2 Å². The summed E-state index contributed by atoms with van der Waals surface area (Å²) in [5.74, 6) is 0. The number of aryl methyl sites for hydroxylation is 2. The van der Waals surface area contributed by atoms with E-state index in [4.69, 9.17) is 0 Å². The average molecular weight is 520 g/mol. The minimum Gasteiger partial charge on any atom is -0.392 e. The van der Waals surface area contributed by atoms with Crippen molar-refractivity contribution in [2.45, 2.75) is 129 Å². The monoisotopic (exact) mass is 519 g/mol. The molecule has 0 radical (unpaired) electrons. The lowest BCUT2D eigenvalue weighted by Gasteiger charge is -2.11. The fourth-order valence-corrected chi connectivity index (χ4v) is 5.06. The molecule has 0 aliphatic carbocycles.